The SMILES string of the molecule is COc1cc2ncnc(Nc3cccc(Cl)c3F)c2cc1N1CC2(CNC2)CC1=O. The lowest BCUT2D eigenvalue weighted by molar-refractivity contribution is -0.118. The second-order valence-electron chi connectivity index (χ2n) is 7.75. The van der Waals surface area contributed by atoms with E-state index < -0.39 is 5.82 Å². The van der Waals surface area contributed by atoms with Crippen LogP contribution in [0.3, 0.4) is 0 Å². The number of methoxy groups -OCH3 is 1. The molecule has 2 aromatic carbocycles. The molecule has 2 saturated heterocycles. The second-order valence-corrected chi connectivity index (χ2v) is 8.16. The average molecular weight is 428 g/mol. The Morgan fingerprint density at radius 1 is 1.30 bits per heavy atom. The molecule has 1 amide bonds. The van der Waals surface area contributed by atoms with Crippen LogP contribution in [-0.4, -0.2) is 42.6 Å². The Morgan fingerprint density at radius 2 is 2.13 bits per heavy atom. The Bertz CT molecular complexity index is 1170. The number of amides is 1. The number of fused-ring (bicyclic) bond motifs is 1. The Hall–Kier alpha value is -2.97. The fraction of sp³-hybridized carbons (Fsp3) is 0.286. The Morgan fingerprint density at radius 3 is 2.83 bits per heavy atom. The van der Waals surface area contributed by atoms with E-state index in [1.807, 2.05) is 6.07 Å². The van der Waals surface area contributed by atoms with Gasteiger partial charge in [0.1, 0.15) is 17.9 Å². The zero-order valence-corrected chi connectivity index (χ0v) is 17.0. The van der Waals surface area contributed by atoms with E-state index in [9.17, 15) is 9.18 Å². The van der Waals surface area contributed by atoms with Crippen molar-refractivity contribution in [1.82, 2.24) is 15.3 Å². The van der Waals surface area contributed by atoms with Gasteiger partial charge in [-0.05, 0) is 18.2 Å². The minimum absolute atomic E-state index is 0.0165. The van der Waals surface area contributed by atoms with Crippen molar-refractivity contribution in [3.63, 3.8) is 0 Å². The van der Waals surface area contributed by atoms with Crippen molar-refractivity contribution in [3.8, 4) is 5.75 Å². The number of ether oxygens (including phenoxy) is 1. The van der Waals surface area contributed by atoms with E-state index >= 15 is 0 Å². The van der Waals surface area contributed by atoms with E-state index in [0.717, 1.165) is 13.1 Å². The summed E-state index contributed by atoms with van der Waals surface area (Å²) in [4.78, 5) is 23.1. The molecular weight excluding hydrogens is 409 g/mol. The lowest BCUT2D eigenvalue weighted by Gasteiger charge is -2.38. The van der Waals surface area contributed by atoms with Crippen molar-refractivity contribution in [2.24, 2.45) is 5.41 Å². The molecular formula is C21H19ClFN5O2. The van der Waals surface area contributed by atoms with E-state index in [1.165, 1.54) is 12.4 Å². The quantitative estimate of drug-likeness (QED) is 0.663. The van der Waals surface area contributed by atoms with Crippen molar-refractivity contribution in [3.05, 3.63) is 47.5 Å². The van der Waals surface area contributed by atoms with Gasteiger partial charge in [-0.2, -0.15) is 0 Å². The van der Waals surface area contributed by atoms with E-state index in [0.29, 0.717) is 41.1 Å². The molecule has 0 aliphatic carbocycles. The van der Waals surface area contributed by atoms with E-state index in [4.69, 9.17) is 16.3 Å². The normalized spacial score (nSPS) is 17.4. The first-order valence-corrected chi connectivity index (χ1v) is 9.92. The van der Waals surface area contributed by atoms with Gasteiger partial charge in [0.05, 0.1) is 29.0 Å². The van der Waals surface area contributed by atoms with Crippen molar-refractivity contribution >= 4 is 45.6 Å². The Kier molecular flexibility index (Phi) is 4.48. The standard InChI is InChI=1S/C21H19ClFN5O2/c1-30-17-6-15-12(5-16(17)28-10-21(7-18(28)29)8-24-9-21)20(26-11-25-15)27-14-4-2-3-13(22)19(14)23/h2-6,11,24H,7-10H2,1H3,(H,25,26,27). The zero-order chi connectivity index (χ0) is 20.9. The van der Waals surface area contributed by atoms with Gasteiger partial charge < -0.3 is 20.3 Å². The van der Waals surface area contributed by atoms with Crippen LogP contribution < -0.4 is 20.3 Å². The summed E-state index contributed by atoms with van der Waals surface area (Å²) < 4.78 is 20.0. The van der Waals surface area contributed by atoms with Crippen molar-refractivity contribution < 1.29 is 13.9 Å². The van der Waals surface area contributed by atoms with Crippen molar-refractivity contribution in [2.45, 2.75) is 6.42 Å². The summed E-state index contributed by atoms with van der Waals surface area (Å²) in [5, 5.41) is 6.91. The number of aromatic nitrogens is 2. The highest BCUT2D eigenvalue weighted by Gasteiger charge is 2.48. The van der Waals surface area contributed by atoms with Gasteiger partial charge in [-0.15, -0.1) is 0 Å². The van der Waals surface area contributed by atoms with Crippen LogP contribution in [0.4, 0.5) is 21.6 Å². The third-order valence-corrected chi connectivity index (χ3v) is 6.04. The largest absolute Gasteiger partial charge is 0.494 e. The first-order chi connectivity index (χ1) is 14.5. The van der Waals surface area contributed by atoms with Crippen LogP contribution in [0.5, 0.6) is 5.75 Å². The molecule has 2 N–H and O–H groups in total. The molecule has 2 fully saturated rings. The van der Waals surface area contributed by atoms with E-state index in [1.54, 1.807) is 30.2 Å². The molecule has 154 valence electrons. The second kappa shape index (κ2) is 7.07. The molecule has 0 bridgehead atoms. The highest BCUT2D eigenvalue weighted by molar-refractivity contribution is 6.31. The number of hydrogen-bond donors (Lipinski definition) is 2. The third-order valence-electron chi connectivity index (χ3n) is 5.75. The van der Waals surface area contributed by atoms with Gasteiger partial charge >= 0.3 is 0 Å². The third kappa shape index (κ3) is 3.03. The highest BCUT2D eigenvalue weighted by atomic mass is 35.5. The lowest BCUT2D eigenvalue weighted by Crippen LogP contribution is -2.54. The number of benzene rings is 2. The molecule has 2 aliphatic heterocycles. The molecule has 9 heteroatoms. The smallest absolute Gasteiger partial charge is 0.227 e. The summed E-state index contributed by atoms with van der Waals surface area (Å²) in [6.45, 7) is 2.28. The van der Waals surface area contributed by atoms with Crippen LogP contribution in [0.25, 0.3) is 10.9 Å². The van der Waals surface area contributed by atoms with Crippen LogP contribution in [-0.2, 0) is 4.79 Å². The summed E-state index contributed by atoms with van der Waals surface area (Å²) in [7, 11) is 1.56. The van der Waals surface area contributed by atoms with E-state index in [-0.39, 0.29) is 22.0 Å². The Balaban J connectivity index is 1.59. The maximum Gasteiger partial charge on any atom is 0.227 e. The molecule has 0 unspecified atom stereocenters. The van der Waals surface area contributed by atoms with Gasteiger partial charge in [-0.3, -0.25) is 4.79 Å². The summed E-state index contributed by atoms with van der Waals surface area (Å²) >= 11 is 5.90. The number of rotatable bonds is 4. The van der Waals surface area contributed by atoms with Crippen LogP contribution in [0, 0.1) is 11.2 Å². The average Bonchev–Trinajstić information content (AvgIpc) is 3.08. The summed E-state index contributed by atoms with van der Waals surface area (Å²) in [5.74, 6) is 0.464. The highest BCUT2D eigenvalue weighted by Crippen LogP contribution is 2.42. The number of carbonyl (C=O) groups excluding carboxylic acids is 1. The molecule has 2 aliphatic rings. The minimum Gasteiger partial charge on any atom is -0.494 e. The lowest BCUT2D eigenvalue weighted by atomic mass is 9.81. The maximum absolute atomic E-state index is 14.4. The summed E-state index contributed by atoms with van der Waals surface area (Å²) in [6, 6.07) is 8.30. The molecule has 0 saturated carbocycles. The number of halogens is 2. The van der Waals surface area contributed by atoms with Gasteiger partial charge in [-0.25, -0.2) is 14.4 Å². The molecule has 3 aromatic rings. The molecule has 0 atom stereocenters. The summed E-state index contributed by atoms with van der Waals surface area (Å²) in [6.07, 6.45) is 1.90. The van der Waals surface area contributed by atoms with Gasteiger partial charge in [0.25, 0.3) is 0 Å². The van der Waals surface area contributed by atoms with Gasteiger partial charge in [0, 0.05) is 42.9 Å². The molecule has 3 heterocycles. The van der Waals surface area contributed by atoms with Crippen LogP contribution in [0.1, 0.15) is 6.42 Å². The zero-order valence-electron chi connectivity index (χ0n) is 16.2. The van der Waals surface area contributed by atoms with Crippen molar-refractivity contribution in [1.29, 1.82) is 0 Å². The van der Waals surface area contributed by atoms with Gasteiger partial charge in [0.15, 0.2) is 5.82 Å². The number of carbonyl (C=O) groups is 1. The van der Waals surface area contributed by atoms with Gasteiger partial charge in [0.2, 0.25) is 5.91 Å². The monoisotopic (exact) mass is 427 g/mol. The molecule has 7 nitrogen and oxygen atoms in total. The fourth-order valence-electron chi connectivity index (χ4n) is 4.11. The van der Waals surface area contributed by atoms with Gasteiger partial charge in [-0.1, -0.05) is 17.7 Å². The molecule has 0 radical (unpaired) electrons. The van der Waals surface area contributed by atoms with Crippen LogP contribution in [0.2, 0.25) is 5.02 Å². The fourth-order valence-corrected chi connectivity index (χ4v) is 4.28. The van der Waals surface area contributed by atoms with Crippen LogP contribution in [0.15, 0.2) is 36.7 Å². The predicted octanol–water partition coefficient (Wildman–Crippen LogP) is 3.50. The van der Waals surface area contributed by atoms with Crippen molar-refractivity contribution in [2.75, 3.05) is 37.0 Å². The molecule has 1 aromatic heterocycles. The molecule has 5 rings (SSSR count). The molecule has 30 heavy (non-hydrogen) atoms. The minimum atomic E-state index is -0.561. The number of anilines is 3. The first kappa shape index (κ1) is 19.0. The topological polar surface area (TPSA) is 79.4 Å². The van der Waals surface area contributed by atoms with E-state index in [2.05, 4.69) is 20.6 Å². The van der Waals surface area contributed by atoms with Crippen LogP contribution >= 0.6 is 11.6 Å². The predicted molar refractivity (Wildman–Crippen MR) is 113 cm³/mol. The number of nitrogens with one attached hydrogen (secondary N) is 2. The maximum atomic E-state index is 14.4. The molecule has 1 spiro atoms. The first-order valence-electron chi connectivity index (χ1n) is 9.55. The Labute approximate surface area is 177 Å². The number of hydrogen-bond acceptors (Lipinski definition) is 6. The summed E-state index contributed by atoms with van der Waals surface area (Å²) in [5.41, 5.74) is 1.46. The number of nitrogens with zero attached hydrogens (tertiary/aromatic N) is 3.